The number of benzene rings is 2. The Labute approximate surface area is 178 Å². The smallest absolute Gasteiger partial charge is 0.143 e. The predicted molar refractivity (Wildman–Crippen MR) is 118 cm³/mol. The van der Waals surface area contributed by atoms with Crippen molar-refractivity contribution in [2.45, 2.75) is 0 Å². The van der Waals surface area contributed by atoms with Crippen LogP contribution in [0.15, 0.2) is 58.6 Å². The zero-order chi connectivity index (χ0) is 17.4. The SMILES string of the molecule is Cl.Clc1cc(Cl)cc(Nc2ncnc3scc(-c4ccc(Br)cc4)c23)c1. The number of nitrogens with zero attached hydrogens (tertiary/aromatic N) is 2. The molecule has 0 aliphatic rings. The Morgan fingerprint density at radius 3 is 2.35 bits per heavy atom. The summed E-state index contributed by atoms with van der Waals surface area (Å²) in [6, 6.07) is 13.5. The summed E-state index contributed by atoms with van der Waals surface area (Å²) in [7, 11) is 0. The zero-order valence-corrected chi connectivity index (χ0v) is 17.8. The predicted octanol–water partition coefficient (Wildman–Crippen LogP) is 7.59. The van der Waals surface area contributed by atoms with E-state index < -0.39 is 0 Å². The molecule has 0 fully saturated rings. The number of nitrogens with one attached hydrogen (secondary N) is 1. The van der Waals surface area contributed by atoms with Crippen molar-refractivity contribution >= 4 is 84.6 Å². The Balaban J connectivity index is 0.00000196. The quantitative estimate of drug-likeness (QED) is 0.323. The molecule has 0 bridgehead atoms. The summed E-state index contributed by atoms with van der Waals surface area (Å²) in [6.45, 7) is 0. The van der Waals surface area contributed by atoms with E-state index in [1.54, 1.807) is 23.7 Å². The summed E-state index contributed by atoms with van der Waals surface area (Å²) < 4.78 is 1.04. The van der Waals surface area contributed by atoms with Crippen LogP contribution in [0.25, 0.3) is 21.3 Å². The van der Waals surface area contributed by atoms with E-state index in [1.807, 2.05) is 24.3 Å². The summed E-state index contributed by atoms with van der Waals surface area (Å²) in [5.74, 6) is 0.725. The highest BCUT2D eigenvalue weighted by atomic mass is 79.9. The highest BCUT2D eigenvalue weighted by Gasteiger charge is 2.13. The van der Waals surface area contributed by atoms with Gasteiger partial charge in [-0.15, -0.1) is 23.7 Å². The first-order valence-electron chi connectivity index (χ1n) is 7.31. The molecule has 2 heterocycles. The van der Waals surface area contributed by atoms with Gasteiger partial charge in [-0.05, 0) is 35.9 Å². The minimum absolute atomic E-state index is 0. The minimum Gasteiger partial charge on any atom is -0.339 e. The van der Waals surface area contributed by atoms with Crippen molar-refractivity contribution < 1.29 is 0 Å². The lowest BCUT2D eigenvalue weighted by Crippen LogP contribution is -1.95. The number of halogens is 4. The molecule has 0 aliphatic carbocycles. The van der Waals surface area contributed by atoms with E-state index in [4.69, 9.17) is 23.2 Å². The van der Waals surface area contributed by atoms with Crippen molar-refractivity contribution in [1.29, 1.82) is 0 Å². The van der Waals surface area contributed by atoms with Crippen LogP contribution in [0.2, 0.25) is 10.0 Å². The summed E-state index contributed by atoms with van der Waals surface area (Å²) in [6.07, 6.45) is 1.55. The molecule has 2 aromatic carbocycles. The largest absolute Gasteiger partial charge is 0.339 e. The molecule has 4 aromatic rings. The van der Waals surface area contributed by atoms with Crippen molar-refractivity contribution in [2.24, 2.45) is 0 Å². The van der Waals surface area contributed by atoms with Crippen LogP contribution in [0.4, 0.5) is 11.5 Å². The van der Waals surface area contributed by atoms with E-state index in [1.165, 1.54) is 0 Å². The van der Waals surface area contributed by atoms with Gasteiger partial charge in [0.15, 0.2) is 0 Å². The van der Waals surface area contributed by atoms with E-state index in [0.717, 1.165) is 37.3 Å². The molecule has 8 heteroatoms. The molecule has 26 heavy (non-hydrogen) atoms. The van der Waals surface area contributed by atoms with Crippen LogP contribution < -0.4 is 5.32 Å². The maximum Gasteiger partial charge on any atom is 0.143 e. The molecule has 4 rings (SSSR count). The van der Waals surface area contributed by atoms with Crippen molar-refractivity contribution in [3.05, 3.63) is 68.7 Å². The zero-order valence-electron chi connectivity index (χ0n) is 13.0. The number of hydrogen-bond acceptors (Lipinski definition) is 4. The second-order valence-corrected chi connectivity index (χ2v) is 7.99. The molecule has 1 N–H and O–H groups in total. The van der Waals surface area contributed by atoms with Gasteiger partial charge in [-0.1, -0.05) is 51.3 Å². The molecular weight excluding hydrogens is 477 g/mol. The lowest BCUT2D eigenvalue weighted by atomic mass is 10.1. The van der Waals surface area contributed by atoms with Gasteiger partial charge in [0.05, 0.1) is 5.39 Å². The Morgan fingerprint density at radius 1 is 0.962 bits per heavy atom. The van der Waals surface area contributed by atoms with Gasteiger partial charge in [0.25, 0.3) is 0 Å². The Bertz CT molecular complexity index is 1050. The Morgan fingerprint density at radius 2 is 1.65 bits per heavy atom. The van der Waals surface area contributed by atoms with Crippen LogP contribution >= 0.6 is 62.9 Å². The van der Waals surface area contributed by atoms with Gasteiger partial charge in [-0.3, -0.25) is 0 Å². The number of anilines is 2. The van der Waals surface area contributed by atoms with E-state index in [2.05, 4.69) is 48.7 Å². The minimum atomic E-state index is 0. The number of aromatic nitrogens is 2. The van der Waals surface area contributed by atoms with Crippen LogP contribution in [-0.4, -0.2) is 9.97 Å². The highest BCUT2D eigenvalue weighted by molar-refractivity contribution is 9.10. The van der Waals surface area contributed by atoms with Gasteiger partial charge in [-0.2, -0.15) is 0 Å². The molecule has 0 radical (unpaired) electrons. The van der Waals surface area contributed by atoms with Crippen molar-refractivity contribution in [2.75, 3.05) is 5.32 Å². The monoisotopic (exact) mass is 485 g/mol. The molecule has 0 saturated heterocycles. The van der Waals surface area contributed by atoms with Crippen LogP contribution in [0.1, 0.15) is 0 Å². The van der Waals surface area contributed by atoms with Crippen LogP contribution in [0, 0.1) is 0 Å². The fraction of sp³-hybridized carbons (Fsp3) is 0. The first kappa shape index (κ1) is 19.4. The maximum atomic E-state index is 6.10. The fourth-order valence-corrected chi connectivity index (χ4v) is 4.28. The van der Waals surface area contributed by atoms with E-state index in [9.17, 15) is 0 Å². The number of thiophene rings is 1. The summed E-state index contributed by atoms with van der Waals surface area (Å²) >= 11 is 17.3. The summed E-state index contributed by atoms with van der Waals surface area (Å²) in [4.78, 5) is 9.73. The van der Waals surface area contributed by atoms with Gasteiger partial charge in [-0.25, -0.2) is 9.97 Å². The molecule has 3 nitrogen and oxygen atoms in total. The fourth-order valence-electron chi connectivity index (χ4n) is 2.57. The average molecular weight is 488 g/mol. The van der Waals surface area contributed by atoms with E-state index >= 15 is 0 Å². The molecule has 132 valence electrons. The molecule has 0 aliphatic heterocycles. The first-order valence-corrected chi connectivity index (χ1v) is 9.74. The molecule has 0 spiro atoms. The van der Waals surface area contributed by atoms with Gasteiger partial charge < -0.3 is 5.32 Å². The van der Waals surface area contributed by atoms with Crippen LogP contribution in [0.3, 0.4) is 0 Å². The summed E-state index contributed by atoms with van der Waals surface area (Å²) in [5.41, 5.74) is 2.98. The van der Waals surface area contributed by atoms with E-state index in [-0.39, 0.29) is 12.4 Å². The van der Waals surface area contributed by atoms with Crippen LogP contribution in [0.5, 0.6) is 0 Å². The van der Waals surface area contributed by atoms with Crippen LogP contribution in [-0.2, 0) is 0 Å². The average Bonchev–Trinajstić information content (AvgIpc) is 3.00. The Hall–Kier alpha value is -1.37. The maximum absolute atomic E-state index is 6.10. The molecule has 0 saturated carbocycles. The van der Waals surface area contributed by atoms with Crippen molar-refractivity contribution in [3.8, 4) is 11.1 Å². The third-order valence-electron chi connectivity index (χ3n) is 3.65. The normalized spacial score (nSPS) is 10.6. The first-order chi connectivity index (χ1) is 12.1. The van der Waals surface area contributed by atoms with Gasteiger partial charge in [0.2, 0.25) is 0 Å². The molecule has 0 amide bonds. The van der Waals surface area contributed by atoms with Gasteiger partial charge in [0.1, 0.15) is 17.0 Å². The van der Waals surface area contributed by atoms with E-state index in [0.29, 0.717) is 10.0 Å². The standard InChI is InChI=1S/C18H10BrCl2N3S.ClH/c19-11-3-1-10(2-4-11)15-8-25-18-16(15)17(22-9-23-18)24-14-6-12(20)5-13(21)7-14;/h1-9H,(H,22,23,24);1H. The topological polar surface area (TPSA) is 37.8 Å². The second kappa shape index (κ2) is 8.11. The van der Waals surface area contributed by atoms with Gasteiger partial charge in [0, 0.05) is 31.1 Å². The van der Waals surface area contributed by atoms with Crippen molar-refractivity contribution in [3.63, 3.8) is 0 Å². The molecule has 2 aromatic heterocycles. The number of hydrogen-bond donors (Lipinski definition) is 1. The molecule has 0 atom stereocenters. The molecular formula is C18H11BrCl3N3S. The Kier molecular flexibility index (Phi) is 6.05. The number of fused-ring (bicyclic) bond motifs is 1. The second-order valence-electron chi connectivity index (χ2n) is 5.34. The van der Waals surface area contributed by atoms with Gasteiger partial charge >= 0.3 is 0 Å². The third-order valence-corrected chi connectivity index (χ3v) is 5.50. The lowest BCUT2D eigenvalue weighted by molar-refractivity contribution is 1.23. The molecule has 0 unspecified atom stereocenters. The van der Waals surface area contributed by atoms with Crippen molar-refractivity contribution in [1.82, 2.24) is 9.97 Å². The third kappa shape index (κ3) is 3.97. The number of rotatable bonds is 3. The highest BCUT2D eigenvalue weighted by Crippen LogP contribution is 2.38. The summed E-state index contributed by atoms with van der Waals surface area (Å²) in [5, 5.41) is 7.52. The lowest BCUT2D eigenvalue weighted by Gasteiger charge is -2.09.